The Balaban J connectivity index is 2.28. The van der Waals surface area contributed by atoms with Crippen molar-refractivity contribution in [2.24, 2.45) is 0 Å². The van der Waals surface area contributed by atoms with Gasteiger partial charge in [-0.3, -0.25) is 4.79 Å². The summed E-state index contributed by atoms with van der Waals surface area (Å²) in [5.74, 6) is 0.0314. The molecule has 0 spiro atoms. The third-order valence-electron chi connectivity index (χ3n) is 3.50. The molecule has 0 bridgehead atoms. The van der Waals surface area contributed by atoms with E-state index in [2.05, 4.69) is 5.32 Å². The first-order chi connectivity index (χ1) is 9.73. The Morgan fingerprint density at radius 2 is 2.14 bits per heavy atom. The lowest BCUT2D eigenvalue weighted by Gasteiger charge is -2.31. The molecule has 1 amide bonds. The smallest absolute Gasteiger partial charge is 0.289 e. The Hall–Kier alpha value is -1.38. The van der Waals surface area contributed by atoms with Gasteiger partial charge >= 0.3 is 0 Å². The SMILES string of the molecule is Cc1oc(C(=O)N2CCNC(C)C2)cc1S(=O)(=O)N(C)C. The van der Waals surface area contributed by atoms with Gasteiger partial charge in [0.05, 0.1) is 0 Å². The molecule has 21 heavy (non-hydrogen) atoms. The summed E-state index contributed by atoms with van der Waals surface area (Å²) in [7, 11) is -0.714. The molecule has 0 aliphatic carbocycles. The summed E-state index contributed by atoms with van der Waals surface area (Å²) in [5, 5.41) is 3.25. The van der Waals surface area contributed by atoms with Gasteiger partial charge in [0.15, 0.2) is 5.76 Å². The fraction of sp³-hybridized carbons (Fsp3) is 0.615. The van der Waals surface area contributed by atoms with E-state index in [-0.39, 0.29) is 28.4 Å². The highest BCUT2D eigenvalue weighted by atomic mass is 32.2. The van der Waals surface area contributed by atoms with E-state index in [0.29, 0.717) is 13.1 Å². The Labute approximate surface area is 124 Å². The van der Waals surface area contributed by atoms with Crippen LogP contribution < -0.4 is 5.32 Å². The van der Waals surface area contributed by atoms with Gasteiger partial charge in [-0.05, 0) is 13.8 Å². The van der Waals surface area contributed by atoms with Crippen LogP contribution in [-0.2, 0) is 10.0 Å². The van der Waals surface area contributed by atoms with Gasteiger partial charge in [-0.1, -0.05) is 0 Å². The minimum absolute atomic E-state index is 0.0408. The number of amides is 1. The van der Waals surface area contributed by atoms with Crippen LogP contribution >= 0.6 is 0 Å². The van der Waals surface area contributed by atoms with E-state index in [4.69, 9.17) is 4.42 Å². The molecule has 1 aliphatic rings. The van der Waals surface area contributed by atoms with E-state index in [1.165, 1.54) is 20.2 Å². The van der Waals surface area contributed by atoms with Crippen LogP contribution in [0.15, 0.2) is 15.4 Å². The predicted octanol–water partition coefficient (Wildman–Crippen LogP) is 0.272. The van der Waals surface area contributed by atoms with Gasteiger partial charge in [0.2, 0.25) is 10.0 Å². The molecule has 0 saturated carbocycles. The third-order valence-corrected chi connectivity index (χ3v) is 5.42. The maximum atomic E-state index is 12.4. The number of hydrogen-bond donors (Lipinski definition) is 1. The van der Waals surface area contributed by atoms with Gasteiger partial charge in [0, 0.05) is 45.8 Å². The van der Waals surface area contributed by atoms with Crippen LogP contribution in [0.1, 0.15) is 23.2 Å². The Kier molecular flexibility index (Phi) is 4.40. The van der Waals surface area contributed by atoms with Crippen molar-refractivity contribution in [3.8, 4) is 0 Å². The number of nitrogens with zero attached hydrogens (tertiary/aromatic N) is 2. The zero-order valence-corrected chi connectivity index (χ0v) is 13.5. The van der Waals surface area contributed by atoms with E-state index in [0.717, 1.165) is 10.8 Å². The Bertz CT molecular complexity index is 636. The molecule has 0 radical (unpaired) electrons. The second-order valence-electron chi connectivity index (χ2n) is 5.42. The average molecular weight is 315 g/mol. The highest BCUT2D eigenvalue weighted by Gasteiger charge is 2.29. The maximum absolute atomic E-state index is 12.4. The minimum Gasteiger partial charge on any atom is -0.455 e. The molecule has 1 saturated heterocycles. The molecule has 1 aliphatic heterocycles. The van der Waals surface area contributed by atoms with Crippen molar-refractivity contribution in [3.63, 3.8) is 0 Å². The number of piperazine rings is 1. The third kappa shape index (κ3) is 3.12. The van der Waals surface area contributed by atoms with Crippen molar-refractivity contribution < 1.29 is 17.6 Å². The summed E-state index contributed by atoms with van der Waals surface area (Å²) in [6.07, 6.45) is 0. The first kappa shape index (κ1) is 16.0. The molecule has 2 heterocycles. The normalized spacial score (nSPS) is 20.0. The van der Waals surface area contributed by atoms with Crippen molar-refractivity contribution >= 4 is 15.9 Å². The van der Waals surface area contributed by atoms with Gasteiger partial charge in [0.1, 0.15) is 10.7 Å². The van der Waals surface area contributed by atoms with Crippen LogP contribution in [0.3, 0.4) is 0 Å². The molecule has 1 fully saturated rings. The van der Waals surface area contributed by atoms with Crippen LogP contribution in [0.2, 0.25) is 0 Å². The van der Waals surface area contributed by atoms with Crippen LogP contribution in [0.25, 0.3) is 0 Å². The van der Waals surface area contributed by atoms with Crippen molar-refractivity contribution in [1.29, 1.82) is 0 Å². The number of nitrogens with one attached hydrogen (secondary N) is 1. The Morgan fingerprint density at radius 3 is 2.71 bits per heavy atom. The van der Waals surface area contributed by atoms with Crippen LogP contribution in [0.4, 0.5) is 0 Å². The van der Waals surface area contributed by atoms with Crippen LogP contribution in [0, 0.1) is 6.92 Å². The first-order valence-electron chi connectivity index (χ1n) is 6.79. The number of furan rings is 1. The van der Waals surface area contributed by atoms with Crippen LogP contribution in [0.5, 0.6) is 0 Å². The highest BCUT2D eigenvalue weighted by molar-refractivity contribution is 7.89. The monoisotopic (exact) mass is 315 g/mol. The van der Waals surface area contributed by atoms with E-state index in [1.807, 2.05) is 6.92 Å². The zero-order valence-electron chi connectivity index (χ0n) is 12.7. The molecular weight excluding hydrogens is 294 g/mol. The van der Waals surface area contributed by atoms with E-state index in [9.17, 15) is 13.2 Å². The number of rotatable bonds is 3. The lowest BCUT2D eigenvalue weighted by atomic mass is 10.2. The molecule has 1 unspecified atom stereocenters. The van der Waals surface area contributed by atoms with Crippen molar-refractivity contribution in [2.45, 2.75) is 24.8 Å². The highest BCUT2D eigenvalue weighted by Crippen LogP contribution is 2.23. The minimum atomic E-state index is -3.61. The first-order valence-corrected chi connectivity index (χ1v) is 8.23. The molecular formula is C13H21N3O4S. The topological polar surface area (TPSA) is 82.9 Å². The molecule has 1 aromatic heterocycles. The summed E-state index contributed by atoms with van der Waals surface area (Å²) < 4.78 is 30.8. The molecule has 1 N–H and O–H groups in total. The predicted molar refractivity (Wildman–Crippen MR) is 77.7 cm³/mol. The van der Waals surface area contributed by atoms with Gasteiger partial charge in [0.25, 0.3) is 5.91 Å². The summed E-state index contributed by atoms with van der Waals surface area (Å²) >= 11 is 0. The van der Waals surface area contributed by atoms with Crippen molar-refractivity contribution in [1.82, 2.24) is 14.5 Å². The average Bonchev–Trinajstić information content (AvgIpc) is 2.80. The van der Waals surface area contributed by atoms with E-state index < -0.39 is 10.0 Å². The maximum Gasteiger partial charge on any atom is 0.289 e. The fourth-order valence-electron chi connectivity index (χ4n) is 2.30. The van der Waals surface area contributed by atoms with Crippen molar-refractivity contribution in [2.75, 3.05) is 33.7 Å². The second-order valence-corrected chi connectivity index (χ2v) is 7.55. The number of carbonyl (C=O) groups is 1. The summed E-state index contributed by atoms with van der Waals surface area (Å²) in [6.45, 7) is 5.42. The van der Waals surface area contributed by atoms with Gasteiger partial charge in [-0.25, -0.2) is 12.7 Å². The quantitative estimate of drug-likeness (QED) is 0.866. The number of sulfonamides is 1. The standard InChI is InChI=1S/C13H21N3O4S/c1-9-8-16(6-5-14-9)13(17)11-7-12(10(2)20-11)21(18,19)15(3)4/h7,9,14H,5-6,8H2,1-4H3. The number of aryl methyl sites for hydroxylation is 1. The Morgan fingerprint density at radius 1 is 1.48 bits per heavy atom. The second kappa shape index (κ2) is 5.78. The van der Waals surface area contributed by atoms with Crippen molar-refractivity contribution in [3.05, 3.63) is 17.6 Å². The molecule has 2 rings (SSSR count). The fourth-order valence-corrected chi connectivity index (χ4v) is 3.35. The van der Waals surface area contributed by atoms with Gasteiger partial charge < -0.3 is 14.6 Å². The summed E-state index contributed by atoms with van der Waals surface area (Å²) in [6, 6.07) is 1.53. The van der Waals surface area contributed by atoms with Gasteiger partial charge in [-0.15, -0.1) is 0 Å². The lowest BCUT2D eigenvalue weighted by molar-refractivity contribution is 0.0675. The van der Waals surface area contributed by atoms with E-state index in [1.54, 1.807) is 11.8 Å². The van der Waals surface area contributed by atoms with Crippen LogP contribution in [-0.4, -0.2) is 63.3 Å². The molecule has 118 valence electrons. The molecule has 1 aromatic rings. The lowest BCUT2D eigenvalue weighted by Crippen LogP contribution is -2.51. The largest absolute Gasteiger partial charge is 0.455 e. The van der Waals surface area contributed by atoms with Gasteiger partial charge in [-0.2, -0.15) is 0 Å². The molecule has 8 heteroatoms. The summed E-state index contributed by atoms with van der Waals surface area (Å²) in [4.78, 5) is 14.1. The molecule has 0 aromatic carbocycles. The molecule has 1 atom stereocenters. The van der Waals surface area contributed by atoms with E-state index >= 15 is 0 Å². The number of hydrogen-bond acceptors (Lipinski definition) is 5. The zero-order chi connectivity index (χ0) is 15.8. The molecule has 7 nitrogen and oxygen atoms in total. The number of carbonyl (C=O) groups excluding carboxylic acids is 1. The summed E-state index contributed by atoms with van der Waals surface area (Å²) in [5.41, 5.74) is 0.